The van der Waals surface area contributed by atoms with Crippen molar-refractivity contribution in [3.8, 4) is 11.3 Å². The minimum absolute atomic E-state index is 0.0738. The summed E-state index contributed by atoms with van der Waals surface area (Å²) >= 11 is 1.43. The zero-order valence-corrected chi connectivity index (χ0v) is 15.9. The number of amides is 1. The van der Waals surface area contributed by atoms with Crippen LogP contribution in [0.4, 0.5) is 11.6 Å². The van der Waals surface area contributed by atoms with Gasteiger partial charge in [-0.2, -0.15) is 4.98 Å². The van der Waals surface area contributed by atoms with Crippen molar-refractivity contribution < 1.29 is 9.72 Å². The van der Waals surface area contributed by atoms with Crippen LogP contribution in [-0.2, 0) is 0 Å². The van der Waals surface area contributed by atoms with Gasteiger partial charge in [0.1, 0.15) is 0 Å². The Kier molecular flexibility index (Phi) is 4.36. The van der Waals surface area contributed by atoms with Gasteiger partial charge in [-0.15, -0.1) is 16.4 Å². The first kappa shape index (κ1) is 17.8. The molecule has 1 amide bonds. The standard InChI is InChI=1S/C19H15N5O3S/c1-11-3-8-15(12(2)9-11)16-10-28-19-21-18(22-23(16)19)20-17(25)13-4-6-14(7-5-13)24(26)27/h3-10H,1-2H3,(H,20,22,25). The van der Waals surface area contributed by atoms with Crippen LogP contribution in [0, 0.1) is 24.0 Å². The minimum atomic E-state index is -0.513. The van der Waals surface area contributed by atoms with E-state index in [2.05, 4.69) is 21.5 Å². The van der Waals surface area contributed by atoms with E-state index in [4.69, 9.17) is 0 Å². The lowest BCUT2D eigenvalue weighted by atomic mass is 10.0. The first-order valence-electron chi connectivity index (χ1n) is 8.40. The molecule has 0 saturated heterocycles. The van der Waals surface area contributed by atoms with Crippen molar-refractivity contribution in [2.75, 3.05) is 5.32 Å². The number of nitrogens with zero attached hydrogens (tertiary/aromatic N) is 4. The van der Waals surface area contributed by atoms with Gasteiger partial charge in [0.15, 0.2) is 0 Å². The van der Waals surface area contributed by atoms with Gasteiger partial charge in [0.2, 0.25) is 4.96 Å². The second kappa shape index (κ2) is 6.86. The highest BCUT2D eigenvalue weighted by Crippen LogP contribution is 2.29. The van der Waals surface area contributed by atoms with Crippen molar-refractivity contribution in [2.24, 2.45) is 0 Å². The van der Waals surface area contributed by atoms with Crippen molar-refractivity contribution in [3.63, 3.8) is 0 Å². The number of rotatable bonds is 4. The number of benzene rings is 2. The number of fused-ring (bicyclic) bond motifs is 1. The van der Waals surface area contributed by atoms with Gasteiger partial charge in [-0.3, -0.25) is 20.2 Å². The molecule has 0 bridgehead atoms. The van der Waals surface area contributed by atoms with Crippen LogP contribution in [0.2, 0.25) is 0 Å². The fraction of sp³-hybridized carbons (Fsp3) is 0.105. The number of hydrogen-bond donors (Lipinski definition) is 1. The predicted molar refractivity (Wildman–Crippen MR) is 107 cm³/mol. The van der Waals surface area contributed by atoms with Crippen molar-refractivity contribution in [3.05, 3.63) is 74.6 Å². The Morgan fingerprint density at radius 1 is 1.18 bits per heavy atom. The van der Waals surface area contributed by atoms with Crippen molar-refractivity contribution >= 4 is 33.8 Å². The molecule has 0 fully saturated rings. The van der Waals surface area contributed by atoms with E-state index < -0.39 is 10.8 Å². The van der Waals surface area contributed by atoms with E-state index in [1.165, 1.54) is 41.2 Å². The number of aromatic nitrogens is 3. The van der Waals surface area contributed by atoms with Crippen LogP contribution in [0.5, 0.6) is 0 Å². The summed E-state index contributed by atoms with van der Waals surface area (Å²) in [6.45, 7) is 4.08. The molecular weight excluding hydrogens is 378 g/mol. The molecule has 0 radical (unpaired) electrons. The maximum Gasteiger partial charge on any atom is 0.269 e. The van der Waals surface area contributed by atoms with Gasteiger partial charge in [-0.05, 0) is 31.5 Å². The summed E-state index contributed by atoms with van der Waals surface area (Å²) in [5.74, 6) is -0.248. The van der Waals surface area contributed by atoms with Crippen molar-refractivity contribution in [1.82, 2.24) is 14.6 Å². The highest BCUT2D eigenvalue weighted by Gasteiger charge is 2.16. The Morgan fingerprint density at radius 2 is 1.93 bits per heavy atom. The van der Waals surface area contributed by atoms with E-state index in [0.29, 0.717) is 10.5 Å². The molecule has 2 heterocycles. The number of hydrogen-bond acceptors (Lipinski definition) is 6. The SMILES string of the molecule is Cc1ccc(-c2csc3nc(NC(=O)c4ccc([N+](=O)[O-])cc4)nn23)c(C)c1. The second-order valence-corrected chi connectivity index (χ2v) is 7.16. The third kappa shape index (κ3) is 3.23. The van der Waals surface area contributed by atoms with Gasteiger partial charge >= 0.3 is 0 Å². The Bertz CT molecular complexity index is 1210. The van der Waals surface area contributed by atoms with Gasteiger partial charge in [0, 0.05) is 28.6 Å². The van der Waals surface area contributed by atoms with Gasteiger partial charge < -0.3 is 0 Å². The maximum absolute atomic E-state index is 12.4. The zero-order valence-electron chi connectivity index (χ0n) is 15.0. The summed E-state index contributed by atoms with van der Waals surface area (Å²) in [5.41, 5.74) is 4.48. The Hall–Kier alpha value is -3.59. The molecule has 0 aliphatic rings. The summed E-state index contributed by atoms with van der Waals surface area (Å²) in [6, 6.07) is 11.6. The molecule has 0 unspecified atom stereocenters. The zero-order chi connectivity index (χ0) is 19.8. The lowest BCUT2D eigenvalue weighted by Gasteiger charge is -2.05. The average molecular weight is 393 g/mol. The minimum Gasteiger partial charge on any atom is -0.289 e. The van der Waals surface area contributed by atoms with Crippen LogP contribution < -0.4 is 5.32 Å². The Morgan fingerprint density at radius 3 is 2.61 bits per heavy atom. The molecule has 0 saturated carbocycles. The van der Waals surface area contributed by atoms with Gasteiger partial charge in [0.05, 0.1) is 10.6 Å². The number of nitro groups is 1. The summed E-state index contributed by atoms with van der Waals surface area (Å²) in [5, 5.41) is 19.7. The molecule has 0 atom stereocenters. The van der Waals surface area contributed by atoms with Crippen LogP contribution in [0.15, 0.2) is 47.8 Å². The maximum atomic E-state index is 12.4. The van der Waals surface area contributed by atoms with E-state index >= 15 is 0 Å². The van der Waals surface area contributed by atoms with E-state index in [9.17, 15) is 14.9 Å². The molecule has 28 heavy (non-hydrogen) atoms. The number of non-ortho nitro benzene ring substituents is 1. The molecule has 4 rings (SSSR count). The molecule has 1 N–H and O–H groups in total. The first-order valence-corrected chi connectivity index (χ1v) is 9.28. The Labute approximate surface area is 163 Å². The molecule has 0 aliphatic carbocycles. The van der Waals surface area contributed by atoms with E-state index in [1.54, 1.807) is 4.52 Å². The van der Waals surface area contributed by atoms with Gasteiger partial charge in [0.25, 0.3) is 17.5 Å². The summed E-state index contributed by atoms with van der Waals surface area (Å²) in [6.07, 6.45) is 0. The van der Waals surface area contributed by atoms with E-state index in [1.807, 2.05) is 31.4 Å². The number of thiazole rings is 1. The van der Waals surface area contributed by atoms with Crippen LogP contribution in [0.25, 0.3) is 16.2 Å². The lowest BCUT2D eigenvalue weighted by Crippen LogP contribution is -2.13. The molecule has 8 nitrogen and oxygen atoms in total. The number of anilines is 1. The highest BCUT2D eigenvalue weighted by atomic mass is 32.1. The van der Waals surface area contributed by atoms with E-state index in [-0.39, 0.29) is 11.6 Å². The van der Waals surface area contributed by atoms with Crippen LogP contribution in [-0.4, -0.2) is 25.4 Å². The number of nitro benzene ring substituents is 1. The quantitative estimate of drug-likeness (QED) is 0.413. The van der Waals surface area contributed by atoms with Crippen molar-refractivity contribution in [1.29, 1.82) is 0 Å². The third-order valence-electron chi connectivity index (χ3n) is 4.31. The molecule has 4 aromatic rings. The number of carbonyl (C=O) groups is 1. The molecule has 2 aromatic heterocycles. The smallest absolute Gasteiger partial charge is 0.269 e. The normalized spacial score (nSPS) is 10.9. The molecule has 0 aliphatic heterocycles. The average Bonchev–Trinajstić information content (AvgIpc) is 3.22. The molecule has 0 spiro atoms. The highest BCUT2D eigenvalue weighted by molar-refractivity contribution is 7.15. The monoisotopic (exact) mass is 393 g/mol. The molecule has 140 valence electrons. The second-order valence-electron chi connectivity index (χ2n) is 6.33. The Balaban J connectivity index is 1.61. The summed E-state index contributed by atoms with van der Waals surface area (Å²) in [4.78, 5) is 27.6. The third-order valence-corrected chi connectivity index (χ3v) is 5.12. The van der Waals surface area contributed by atoms with E-state index in [0.717, 1.165) is 16.8 Å². The topological polar surface area (TPSA) is 102 Å². The largest absolute Gasteiger partial charge is 0.289 e. The number of aryl methyl sites for hydroxylation is 2. The predicted octanol–water partition coefficient (Wildman–Crippen LogP) is 4.24. The van der Waals surface area contributed by atoms with Crippen LogP contribution >= 0.6 is 11.3 Å². The molecular formula is C19H15N5O3S. The first-order chi connectivity index (χ1) is 13.4. The van der Waals surface area contributed by atoms with Crippen molar-refractivity contribution in [2.45, 2.75) is 13.8 Å². The fourth-order valence-corrected chi connectivity index (χ4v) is 3.75. The number of nitrogens with one attached hydrogen (secondary N) is 1. The lowest BCUT2D eigenvalue weighted by molar-refractivity contribution is -0.384. The summed E-state index contributed by atoms with van der Waals surface area (Å²) in [7, 11) is 0. The number of carbonyl (C=O) groups excluding carboxylic acids is 1. The van der Waals surface area contributed by atoms with Crippen LogP contribution in [0.3, 0.4) is 0 Å². The molecule has 2 aromatic carbocycles. The fourth-order valence-electron chi connectivity index (χ4n) is 2.93. The van der Waals surface area contributed by atoms with Gasteiger partial charge in [-0.25, -0.2) is 4.52 Å². The van der Waals surface area contributed by atoms with Crippen LogP contribution in [0.1, 0.15) is 21.5 Å². The summed E-state index contributed by atoms with van der Waals surface area (Å²) < 4.78 is 1.70. The van der Waals surface area contributed by atoms with Gasteiger partial charge in [-0.1, -0.05) is 23.8 Å². The molecule has 9 heteroatoms.